The molecule has 40 heavy (non-hydrogen) atoms. The smallest absolute Gasteiger partial charge is 0.295 e. The highest BCUT2D eigenvalue weighted by molar-refractivity contribution is 6.46. The minimum absolute atomic E-state index is 0.0411. The Labute approximate surface area is 235 Å². The van der Waals surface area contributed by atoms with Crippen molar-refractivity contribution in [3.63, 3.8) is 0 Å². The third-order valence-electron chi connectivity index (χ3n) is 6.95. The highest BCUT2D eigenvalue weighted by Crippen LogP contribution is 2.42. The number of ketones is 1. The predicted molar refractivity (Wildman–Crippen MR) is 154 cm³/mol. The van der Waals surface area contributed by atoms with Crippen molar-refractivity contribution in [2.75, 3.05) is 41.4 Å². The molecule has 1 aliphatic heterocycles. The molecule has 8 heteroatoms. The first-order chi connectivity index (χ1) is 19.2. The van der Waals surface area contributed by atoms with Crippen LogP contribution in [0.1, 0.15) is 34.7 Å². The van der Waals surface area contributed by atoms with Gasteiger partial charge in [0.05, 0.1) is 25.8 Å². The maximum Gasteiger partial charge on any atom is 0.295 e. The summed E-state index contributed by atoms with van der Waals surface area (Å²) in [5.41, 5.74) is 2.95. The molecule has 210 valence electrons. The molecule has 3 aromatic carbocycles. The van der Waals surface area contributed by atoms with Crippen LogP contribution in [0.2, 0.25) is 0 Å². The maximum atomic E-state index is 13.4. The van der Waals surface area contributed by atoms with Crippen LogP contribution in [0.25, 0.3) is 5.76 Å². The molecule has 0 saturated carbocycles. The van der Waals surface area contributed by atoms with Gasteiger partial charge >= 0.3 is 0 Å². The van der Waals surface area contributed by atoms with Crippen LogP contribution < -0.4 is 14.2 Å². The van der Waals surface area contributed by atoms with Crippen LogP contribution in [-0.2, 0) is 16.2 Å². The molecule has 1 aliphatic rings. The fourth-order valence-electron chi connectivity index (χ4n) is 4.89. The first kappa shape index (κ1) is 28.7. The molecule has 0 aromatic heterocycles. The van der Waals surface area contributed by atoms with Gasteiger partial charge < -0.3 is 29.1 Å². The summed E-state index contributed by atoms with van der Waals surface area (Å²) in [6.07, 6.45) is 0.663. The number of aliphatic hydroxyl groups is 1. The molecule has 0 aliphatic carbocycles. The third kappa shape index (κ3) is 6.13. The third-order valence-corrected chi connectivity index (χ3v) is 6.95. The van der Waals surface area contributed by atoms with Crippen molar-refractivity contribution in [2.45, 2.75) is 26.0 Å². The second-order valence-corrected chi connectivity index (χ2v) is 10.0. The summed E-state index contributed by atoms with van der Waals surface area (Å²) in [4.78, 5) is 30.2. The Morgan fingerprint density at radius 1 is 0.925 bits per heavy atom. The van der Waals surface area contributed by atoms with Gasteiger partial charge in [0.15, 0.2) is 11.5 Å². The van der Waals surface area contributed by atoms with Gasteiger partial charge in [-0.15, -0.1) is 0 Å². The Hall–Kier alpha value is -4.30. The number of amides is 1. The van der Waals surface area contributed by atoms with Gasteiger partial charge in [-0.3, -0.25) is 9.59 Å². The summed E-state index contributed by atoms with van der Waals surface area (Å²) in [5, 5.41) is 11.5. The molecule has 0 spiro atoms. The maximum absolute atomic E-state index is 13.4. The highest BCUT2D eigenvalue weighted by atomic mass is 16.5. The molecule has 1 heterocycles. The first-order valence-corrected chi connectivity index (χ1v) is 13.2. The summed E-state index contributed by atoms with van der Waals surface area (Å²) in [5.74, 6) is 0.0722. The number of hydrogen-bond donors (Lipinski definition) is 1. The number of Topliss-reactive ketones (excluding diaryl/α,β-unsaturated/α-hetero) is 1. The van der Waals surface area contributed by atoms with Crippen molar-refractivity contribution >= 4 is 17.4 Å². The molecule has 4 rings (SSSR count). The molecule has 0 bridgehead atoms. The van der Waals surface area contributed by atoms with E-state index >= 15 is 0 Å². The molecule has 0 unspecified atom stereocenters. The summed E-state index contributed by atoms with van der Waals surface area (Å²) < 4.78 is 16.9. The fraction of sp³-hybridized carbons (Fsp3) is 0.312. The lowest BCUT2D eigenvalue weighted by molar-refractivity contribution is -0.139. The zero-order valence-corrected chi connectivity index (χ0v) is 23.6. The Kier molecular flexibility index (Phi) is 9.11. The average Bonchev–Trinajstić information content (AvgIpc) is 3.21. The Morgan fingerprint density at radius 3 is 2.27 bits per heavy atom. The molecule has 3 aromatic rings. The second-order valence-electron chi connectivity index (χ2n) is 10.0. The molecule has 1 amide bonds. The summed E-state index contributed by atoms with van der Waals surface area (Å²) in [6, 6.07) is 19.6. The van der Waals surface area contributed by atoms with E-state index < -0.39 is 17.7 Å². The van der Waals surface area contributed by atoms with Gasteiger partial charge in [0.1, 0.15) is 18.1 Å². The zero-order chi connectivity index (χ0) is 28.8. The van der Waals surface area contributed by atoms with Crippen molar-refractivity contribution < 1.29 is 28.9 Å². The number of likely N-dealkylation sites (tertiary alicyclic amines) is 1. The van der Waals surface area contributed by atoms with Crippen LogP contribution in [0.3, 0.4) is 0 Å². The van der Waals surface area contributed by atoms with Crippen LogP contribution in [0.5, 0.6) is 17.2 Å². The lowest BCUT2D eigenvalue weighted by atomic mass is 9.94. The van der Waals surface area contributed by atoms with Crippen molar-refractivity contribution in [3.8, 4) is 17.2 Å². The van der Waals surface area contributed by atoms with E-state index in [2.05, 4.69) is 0 Å². The van der Waals surface area contributed by atoms with E-state index in [4.69, 9.17) is 14.2 Å². The van der Waals surface area contributed by atoms with E-state index in [1.807, 2.05) is 56.3 Å². The van der Waals surface area contributed by atoms with Gasteiger partial charge in [-0.05, 0) is 81.0 Å². The van der Waals surface area contributed by atoms with Crippen molar-refractivity contribution in [1.29, 1.82) is 0 Å². The van der Waals surface area contributed by atoms with Gasteiger partial charge in [-0.25, -0.2) is 0 Å². The van der Waals surface area contributed by atoms with Crippen LogP contribution >= 0.6 is 0 Å². The molecule has 1 fully saturated rings. The number of carbonyl (C=O) groups excluding carboxylic acids is 2. The van der Waals surface area contributed by atoms with E-state index in [-0.39, 0.29) is 11.3 Å². The van der Waals surface area contributed by atoms with Crippen LogP contribution in [-0.4, -0.2) is 68.0 Å². The molecule has 8 nitrogen and oxygen atoms in total. The minimum atomic E-state index is -0.781. The lowest BCUT2D eigenvalue weighted by Crippen LogP contribution is -2.32. The molecule has 1 saturated heterocycles. The molecule has 1 atom stereocenters. The largest absolute Gasteiger partial charge is 0.507 e. The zero-order valence-electron chi connectivity index (χ0n) is 23.6. The first-order valence-electron chi connectivity index (χ1n) is 13.2. The predicted octanol–water partition coefficient (Wildman–Crippen LogP) is 4.96. The van der Waals surface area contributed by atoms with E-state index in [1.54, 1.807) is 43.5 Å². The number of benzene rings is 3. The molecular formula is C32H36N2O6. The number of aliphatic hydroxyl groups excluding tert-OH is 1. The minimum Gasteiger partial charge on any atom is -0.507 e. The van der Waals surface area contributed by atoms with Crippen LogP contribution in [0.15, 0.2) is 72.3 Å². The summed E-state index contributed by atoms with van der Waals surface area (Å²) in [6.45, 7) is 3.38. The number of rotatable bonds is 11. The van der Waals surface area contributed by atoms with Crippen LogP contribution in [0.4, 0.5) is 0 Å². The normalized spacial score (nSPS) is 16.4. The topological polar surface area (TPSA) is 88.5 Å². The lowest BCUT2D eigenvalue weighted by Gasteiger charge is -2.26. The average molecular weight is 545 g/mol. The van der Waals surface area contributed by atoms with E-state index in [1.165, 1.54) is 12.0 Å². The molecule has 1 N–H and O–H groups in total. The van der Waals surface area contributed by atoms with Crippen molar-refractivity contribution in [1.82, 2.24) is 9.80 Å². The summed E-state index contributed by atoms with van der Waals surface area (Å²) in [7, 11) is 6.98. The molecular weight excluding hydrogens is 508 g/mol. The SMILES string of the molecule is COc1ccc([C@H]2C(=C(O)c3ccc(OCc4ccccc4)c(C)c3)C(=O)C(=O)N2CCCN(C)C)cc1OC. The van der Waals surface area contributed by atoms with Gasteiger partial charge in [-0.2, -0.15) is 0 Å². The Morgan fingerprint density at radius 2 is 1.62 bits per heavy atom. The van der Waals surface area contributed by atoms with E-state index in [9.17, 15) is 14.7 Å². The number of carbonyl (C=O) groups is 2. The number of aryl methyl sites for hydroxylation is 1. The standard InChI is InChI=1S/C32H36N2O6/c1-21-18-24(13-14-25(21)40-20-22-10-7-6-8-11-22)30(35)28-29(23-12-15-26(38-4)27(19-23)39-5)34(32(37)31(28)36)17-9-16-33(2)3/h6-8,10-15,18-19,29,35H,9,16-17,20H2,1-5H3/t29-/m0/s1. The highest BCUT2D eigenvalue weighted by Gasteiger charge is 2.46. The van der Waals surface area contributed by atoms with Gasteiger partial charge in [0.2, 0.25) is 0 Å². The Bertz CT molecular complexity index is 1400. The number of nitrogens with zero attached hydrogens (tertiary/aromatic N) is 2. The fourth-order valence-corrected chi connectivity index (χ4v) is 4.89. The van der Waals surface area contributed by atoms with Crippen LogP contribution in [0, 0.1) is 6.92 Å². The van der Waals surface area contributed by atoms with Crippen molar-refractivity contribution in [2.24, 2.45) is 0 Å². The van der Waals surface area contributed by atoms with Crippen molar-refractivity contribution in [3.05, 3.63) is 94.6 Å². The van der Waals surface area contributed by atoms with Gasteiger partial charge in [0.25, 0.3) is 11.7 Å². The van der Waals surface area contributed by atoms with E-state index in [0.29, 0.717) is 47.9 Å². The quantitative estimate of drug-likeness (QED) is 0.207. The summed E-state index contributed by atoms with van der Waals surface area (Å²) >= 11 is 0. The van der Waals surface area contributed by atoms with Gasteiger partial charge in [-0.1, -0.05) is 36.4 Å². The second kappa shape index (κ2) is 12.7. The Balaban J connectivity index is 1.72. The van der Waals surface area contributed by atoms with E-state index in [0.717, 1.165) is 17.7 Å². The number of methoxy groups -OCH3 is 2. The molecule has 0 radical (unpaired) electrons. The number of hydrogen-bond acceptors (Lipinski definition) is 7. The number of ether oxygens (including phenoxy) is 3. The van der Waals surface area contributed by atoms with Gasteiger partial charge in [0, 0.05) is 12.1 Å². The monoisotopic (exact) mass is 544 g/mol.